The third-order valence-corrected chi connectivity index (χ3v) is 5.33. The van der Waals surface area contributed by atoms with Crippen molar-refractivity contribution >= 4 is 17.7 Å². The van der Waals surface area contributed by atoms with Crippen molar-refractivity contribution in [3.05, 3.63) is 53.6 Å². The smallest absolute Gasteiger partial charge is 0.414 e. The van der Waals surface area contributed by atoms with E-state index in [2.05, 4.69) is 5.32 Å². The molecule has 1 atom stereocenters. The van der Waals surface area contributed by atoms with Gasteiger partial charge in [-0.05, 0) is 36.1 Å². The van der Waals surface area contributed by atoms with Gasteiger partial charge >= 0.3 is 6.09 Å². The highest BCUT2D eigenvalue weighted by atomic mass is 19.1. The van der Waals surface area contributed by atoms with Crippen LogP contribution in [0.3, 0.4) is 0 Å². The molecule has 1 saturated heterocycles. The van der Waals surface area contributed by atoms with E-state index in [0.717, 1.165) is 35.4 Å². The first-order chi connectivity index (χ1) is 13.8. The van der Waals surface area contributed by atoms with E-state index in [4.69, 9.17) is 10.5 Å². The molecule has 0 spiro atoms. The first-order valence-electron chi connectivity index (χ1n) is 9.38. The molecule has 2 fully saturated rings. The molecule has 1 saturated carbocycles. The normalized spacial score (nSPS) is 19.8. The summed E-state index contributed by atoms with van der Waals surface area (Å²) < 4.78 is 34.7. The number of carbonyl (C=O) groups excluding carboxylic acids is 2. The number of nitrogens with one attached hydrogen (secondary N) is 1. The molecule has 2 aromatic rings. The van der Waals surface area contributed by atoms with E-state index in [1.807, 2.05) is 0 Å². The summed E-state index contributed by atoms with van der Waals surface area (Å²) in [6.07, 6.45) is 0.502. The number of hydrogen-bond donors (Lipinski definition) is 2. The van der Waals surface area contributed by atoms with Crippen molar-refractivity contribution in [3.63, 3.8) is 0 Å². The van der Waals surface area contributed by atoms with Crippen molar-refractivity contribution in [2.75, 3.05) is 18.0 Å². The summed E-state index contributed by atoms with van der Waals surface area (Å²) in [6.45, 7) is 1.57. The van der Waals surface area contributed by atoms with Crippen LogP contribution in [-0.2, 0) is 15.1 Å². The first-order valence-corrected chi connectivity index (χ1v) is 9.38. The van der Waals surface area contributed by atoms with E-state index in [9.17, 15) is 18.4 Å². The van der Waals surface area contributed by atoms with Crippen molar-refractivity contribution in [2.24, 2.45) is 5.73 Å². The SMILES string of the molecule is CC(=O)NCC1CN(c2cc(F)c(-c3ccc(C4(N)CC4)cc3)c(F)c2)C(=O)O1. The monoisotopic (exact) mass is 401 g/mol. The van der Waals surface area contributed by atoms with Gasteiger partial charge in [-0.25, -0.2) is 13.6 Å². The highest BCUT2D eigenvalue weighted by Crippen LogP contribution is 2.43. The molecular weight excluding hydrogens is 380 g/mol. The number of amides is 2. The fourth-order valence-corrected chi connectivity index (χ4v) is 3.48. The molecule has 1 unspecified atom stereocenters. The van der Waals surface area contributed by atoms with Gasteiger partial charge in [-0.1, -0.05) is 24.3 Å². The summed E-state index contributed by atoms with van der Waals surface area (Å²) in [7, 11) is 0. The lowest BCUT2D eigenvalue weighted by Gasteiger charge is -2.16. The molecule has 29 heavy (non-hydrogen) atoms. The van der Waals surface area contributed by atoms with Crippen LogP contribution in [0, 0.1) is 11.6 Å². The lowest BCUT2D eigenvalue weighted by molar-refractivity contribution is -0.119. The van der Waals surface area contributed by atoms with E-state index in [0.29, 0.717) is 5.56 Å². The van der Waals surface area contributed by atoms with Gasteiger partial charge in [-0.15, -0.1) is 0 Å². The van der Waals surface area contributed by atoms with E-state index in [1.54, 1.807) is 24.3 Å². The lowest BCUT2D eigenvalue weighted by Crippen LogP contribution is -2.33. The van der Waals surface area contributed by atoms with Gasteiger partial charge in [-0.3, -0.25) is 9.69 Å². The summed E-state index contributed by atoms with van der Waals surface area (Å²) >= 11 is 0. The van der Waals surface area contributed by atoms with Crippen molar-refractivity contribution < 1.29 is 23.1 Å². The van der Waals surface area contributed by atoms with Crippen LogP contribution in [0.2, 0.25) is 0 Å². The van der Waals surface area contributed by atoms with Crippen LogP contribution >= 0.6 is 0 Å². The Morgan fingerprint density at radius 2 is 1.86 bits per heavy atom. The Morgan fingerprint density at radius 3 is 2.41 bits per heavy atom. The standard InChI is InChI=1S/C21H21F2N3O3/c1-12(27)25-10-16-11-26(20(28)29-16)15-8-17(22)19(18(23)9-15)13-2-4-14(5-3-13)21(24)6-7-21/h2-5,8-9,16H,6-7,10-11,24H2,1H3,(H,25,27). The highest BCUT2D eigenvalue weighted by molar-refractivity contribution is 5.90. The molecule has 2 aliphatic rings. The van der Waals surface area contributed by atoms with Gasteiger partial charge in [0.25, 0.3) is 0 Å². The maximum Gasteiger partial charge on any atom is 0.414 e. The lowest BCUT2D eigenvalue weighted by atomic mass is 9.99. The highest BCUT2D eigenvalue weighted by Gasteiger charge is 2.39. The Balaban J connectivity index is 1.56. The summed E-state index contributed by atoms with van der Waals surface area (Å²) in [5.74, 6) is -1.81. The minimum absolute atomic E-state index is 0.0644. The van der Waals surface area contributed by atoms with Crippen LogP contribution < -0.4 is 16.0 Å². The zero-order valence-electron chi connectivity index (χ0n) is 15.9. The fraction of sp³-hybridized carbons (Fsp3) is 0.333. The van der Waals surface area contributed by atoms with E-state index in [-0.39, 0.29) is 35.8 Å². The Morgan fingerprint density at radius 1 is 1.24 bits per heavy atom. The molecule has 0 radical (unpaired) electrons. The fourth-order valence-electron chi connectivity index (χ4n) is 3.48. The largest absolute Gasteiger partial charge is 0.442 e. The van der Waals surface area contributed by atoms with Crippen LogP contribution in [0.15, 0.2) is 36.4 Å². The van der Waals surface area contributed by atoms with Gasteiger partial charge in [0.2, 0.25) is 5.91 Å². The Hall–Kier alpha value is -3.00. The number of nitrogens with zero attached hydrogens (tertiary/aromatic N) is 1. The summed E-state index contributed by atoms with van der Waals surface area (Å²) in [5, 5.41) is 2.55. The molecule has 2 aromatic carbocycles. The number of ether oxygens (including phenoxy) is 1. The number of hydrogen-bond acceptors (Lipinski definition) is 4. The number of cyclic esters (lactones) is 1. The van der Waals surface area contributed by atoms with Crippen molar-refractivity contribution in [1.82, 2.24) is 5.32 Å². The molecule has 0 aromatic heterocycles. The molecule has 152 valence electrons. The van der Waals surface area contributed by atoms with Crippen LogP contribution in [0.25, 0.3) is 11.1 Å². The van der Waals surface area contributed by atoms with E-state index in [1.165, 1.54) is 6.92 Å². The van der Waals surface area contributed by atoms with E-state index < -0.39 is 23.8 Å². The maximum atomic E-state index is 14.8. The molecule has 3 N–H and O–H groups in total. The van der Waals surface area contributed by atoms with Crippen LogP contribution in [0.5, 0.6) is 0 Å². The number of nitrogens with two attached hydrogens (primary N) is 1. The molecule has 1 aliphatic carbocycles. The molecule has 2 amide bonds. The quantitative estimate of drug-likeness (QED) is 0.807. The van der Waals surface area contributed by atoms with Gasteiger partial charge in [0, 0.05) is 12.5 Å². The molecule has 1 aliphatic heterocycles. The van der Waals surface area contributed by atoms with Gasteiger partial charge in [0.05, 0.1) is 24.3 Å². The van der Waals surface area contributed by atoms with Gasteiger partial charge in [0.1, 0.15) is 17.7 Å². The Labute approximate surface area is 166 Å². The first kappa shape index (κ1) is 19.3. The molecular formula is C21H21F2N3O3. The average Bonchev–Trinajstić information content (AvgIpc) is 3.30. The van der Waals surface area contributed by atoms with Gasteiger partial charge in [0.15, 0.2) is 0 Å². The summed E-state index contributed by atoms with van der Waals surface area (Å²) in [4.78, 5) is 24.2. The summed E-state index contributed by atoms with van der Waals surface area (Å²) in [5.41, 5.74) is 7.08. The number of anilines is 1. The Bertz CT molecular complexity index is 951. The predicted molar refractivity (Wildman–Crippen MR) is 103 cm³/mol. The topological polar surface area (TPSA) is 84.7 Å². The van der Waals surface area contributed by atoms with Gasteiger partial charge < -0.3 is 15.8 Å². The molecule has 6 nitrogen and oxygen atoms in total. The molecule has 4 rings (SSSR count). The number of halogens is 2. The zero-order chi connectivity index (χ0) is 20.8. The van der Waals surface area contributed by atoms with E-state index >= 15 is 0 Å². The van der Waals surface area contributed by atoms with Crippen molar-refractivity contribution in [2.45, 2.75) is 31.4 Å². The summed E-state index contributed by atoms with van der Waals surface area (Å²) in [6, 6.07) is 9.10. The number of carbonyl (C=O) groups is 2. The van der Waals surface area contributed by atoms with Crippen LogP contribution in [-0.4, -0.2) is 31.2 Å². The van der Waals surface area contributed by atoms with Crippen molar-refractivity contribution in [3.8, 4) is 11.1 Å². The second kappa shape index (κ2) is 7.11. The minimum Gasteiger partial charge on any atom is -0.442 e. The third-order valence-electron chi connectivity index (χ3n) is 5.33. The average molecular weight is 401 g/mol. The number of rotatable bonds is 5. The zero-order valence-corrected chi connectivity index (χ0v) is 15.9. The Kier molecular flexibility index (Phi) is 4.74. The maximum absolute atomic E-state index is 14.8. The van der Waals surface area contributed by atoms with Crippen LogP contribution in [0.1, 0.15) is 25.3 Å². The molecule has 1 heterocycles. The second-order valence-electron chi connectivity index (χ2n) is 7.57. The van der Waals surface area contributed by atoms with Gasteiger partial charge in [-0.2, -0.15) is 0 Å². The predicted octanol–water partition coefficient (Wildman–Crippen LogP) is 3.04. The molecule has 8 heteroatoms. The molecule has 0 bridgehead atoms. The van der Waals surface area contributed by atoms with Crippen molar-refractivity contribution in [1.29, 1.82) is 0 Å². The second-order valence-corrected chi connectivity index (χ2v) is 7.57. The minimum atomic E-state index is -0.778. The number of benzene rings is 2. The van der Waals surface area contributed by atoms with Crippen LogP contribution in [0.4, 0.5) is 19.3 Å². The third kappa shape index (κ3) is 3.80.